The number of nitrogens with one attached hydrogen (secondary N) is 1. The first-order valence-corrected chi connectivity index (χ1v) is 12.6. The molecule has 0 bridgehead atoms. The summed E-state index contributed by atoms with van der Waals surface area (Å²) in [5.41, 5.74) is 3.69. The Morgan fingerprint density at radius 3 is 2.62 bits per heavy atom. The molecule has 1 amide bonds. The standard InChI is InChI=1S/C29H25N3O4S/c1-35-27(33)19-36-25-14-8-5-9-20(25)17-26-28(34)32(29(37-26)31-22-10-3-2-4-11-22)16-15-21-18-30-24-13-7-6-12-23(21)24/h2-14,17-18,30H,15-16,19H2,1H3/b26-17+,31-29?. The first kappa shape index (κ1) is 24.4. The molecule has 0 spiro atoms. The van der Waals surface area contributed by atoms with Crippen LogP contribution >= 0.6 is 11.8 Å². The lowest BCUT2D eigenvalue weighted by molar-refractivity contribution is -0.142. The van der Waals surface area contributed by atoms with Crippen LogP contribution in [0.5, 0.6) is 5.75 Å². The Hall–Kier alpha value is -4.30. The SMILES string of the molecule is COC(=O)COc1ccccc1/C=C1/SC(=Nc2ccccc2)N(CCc2c[nH]c3ccccc23)C1=O. The van der Waals surface area contributed by atoms with Gasteiger partial charge in [0.2, 0.25) is 0 Å². The van der Waals surface area contributed by atoms with Gasteiger partial charge in [0.05, 0.1) is 17.7 Å². The monoisotopic (exact) mass is 511 g/mol. The fraction of sp³-hybridized carbons (Fsp3) is 0.138. The van der Waals surface area contributed by atoms with E-state index in [0.717, 1.165) is 22.2 Å². The van der Waals surface area contributed by atoms with Crippen molar-refractivity contribution < 1.29 is 19.1 Å². The number of carbonyl (C=O) groups is 2. The number of esters is 1. The molecular weight excluding hydrogens is 486 g/mol. The lowest BCUT2D eigenvalue weighted by Gasteiger charge is -2.15. The van der Waals surface area contributed by atoms with Gasteiger partial charge < -0.3 is 14.5 Å². The van der Waals surface area contributed by atoms with Crippen LogP contribution in [0.3, 0.4) is 0 Å². The van der Waals surface area contributed by atoms with E-state index < -0.39 is 5.97 Å². The molecule has 186 valence electrons. The predicted octanol–water partition coefficient (Wildman–Crippen LogP) is 5.57. The number of amidine groups is 1. The molecule has 3 aromatic carbocycles. The van der Waals surface area contributed by atoms with Crippen molar-refractivity contribution >= 4 is 51.5 Å². The van der Waals surface area contributed by atoms with Gasteiger partial charge in [-0.25, -0.2) is 9.79 Å². The zero-order chi connectivity index (χ0) is 25.6. The first-order valence-electron chi connectivity index (χ1n) is 11.8. The van der Waals surface area contributed by atoms with Gasteiger partial charge >= 0.3 is 5.97 Å². The molecule has 4 aromatic rings. The van der Waals surface area contributed by atoms with Gasteiger partial charge in [0.1, 0.15) is 5.75 Å². The lowest BCUT2D eigenvalue weighted by Crippen LogP contribution is -2.31. The van der Waals surface area contributed by atoms with Gasteiger partial charge in [-0.05, 0) is 54.1 Å². The van der Waals surface area contributed by atoms with Gasteiger partial charge in [-0.1, -0.05) is 54.6 Å². The fourth-order valence-corrected chi connectivity index (χ4v) is 5.06. The summed E-state index contributed by atoms with van der Waals surface area (Å²) < 4.78 is 10.3. The maximum Gasteiger partial charge on any atom is 0.343 e. The van der Waals surface area contributed by atoms with Crippen molar-refractivity contribution in [1.29, 1.82) is 0 Å². The predicted molar refractivity (Wildman–Crippen MR) is 147 cm³/mol. The van der Waals surface area contributed by atoms with E-state index in [1.807, 2.05) is 72.9 Å². The minimum atomic E-state index is -0.477. The van der Waals surface area contributed by atoms with Gasteiger partial charge in [0.15, 0.2) is 11.8 Å². The van der Waals surface area contributed by atoms with Gasteiger partial charge in [-0.2, -0.15) is 0 Å². The van der Waals surface area contributed by atoms with Crippen molar-refractivity contribution in [3.8, 4) is 5.75 Å². The van der Waals surface area contributed by atoms with Crippen LogP contribution in [0.4, 0.5) is 5.69 Å². The number of rotatable bonds is 8. The molecule has 1 fully saturated rings. The molecule has 1 aromatic heterocycles. The van der Waals surface area contributed by atoms with Crippen LogP contribution in [0.15, 0.2) is 95.0 Å². The van der Waals surface area contributed by atoms with Gasteiger partial charge in [0.25, 0.3) is 5.91 Å². The summed E-state index contributed by atoms with van der Waals surface area (Å²) in [6, 6.07) is 25.0. The number of thioether (sulfide) groups is 1. The number of aliphatic imine (C=N–C) groups is 1. The summed E-state index contributed by atoms with van der Waals surface area (Å²) in [4.78, 5) is 35.5. The van der Waals surface area contributed by atoms with Crippen LogP contribution < -0.4 is 4.74 Å². The van der Waals surface area contributed by atoms with Crippen molar-refractivity contribution in [3.63, 3.8) is 0 Å². The Balaban J connectivity index is 1.43. The van der Waals surface area contributed by atoms with Crippen LogP contribution in [0.25, 0.3) is 17.0 Å². The van der Waals surface area contributed by atoms with E-state index in [1.54, 1.807) is 17.0 Å². The molecule has 1 aliphatic heterocycles. The number of amides is 1. The highest BCUT2D eigenvalue weighted by atomic mass is 32.2. The Labute approximate surface area is 218 Å². The molecule has 5 rings (SSSR count). The topological polar surface area (TPSA) is 84.0 Å². The van der Waals surface area contributed by atoms with Crippen molar-refractivity contribution in [2.75, 3.05) is 20.3 Å². The highest BCUT2D eigenvalue weighted by Crippen LogP contribution is 2.36. The zero-order valence-electron chi connectivity index (χ0n) is 20.2. The smallest absolute Gasteiger partial charge is 0.343 e. The Morgan fingerprint density at radius 2 is 1.78 bits per heavy atom. The van der Waals surface area contributed by atoms with E-state index in [-0.39, 0.29) is 12.5 Å². The first-order chi connectivity index (χ1) is 18.1. The van der Waals surface area contributed by atoms with E-state index in [0.29, 0.717) is 34.4 Å². The number of ether oxygens (including phenoxy) is 2. The second kappa shape index (κ2) is 11.2. The van der Waals surface area contributed by atoms with Gasteiger partial charge in [-0.3, -0.25) is 9.69 Å². The third kappa shape index (κ3) is 5.59. The van der Waals surface area contributed by atoms with E-state index in [1.165, 1.54) is 18.9 Å². The molecule has 0 radical (unpaired) electrons. The van der Waals surface area contributed by atoms with Gasteiger partial charge in [-0.15, -0.1) is 0 Å². The fourth-order valence-electron chi connectivity index (χ4n) is 4.04. The second-order valence-electron chi connectivity index (χ2n) is 8.31. The summed E-state index contributed by atoms with van der Waals surface area (Å²) in [5.74, 6) is -0.107. The molecular formula is C29H25N3O4S. The van der Waals surface area contributed by atoms with Crippen molar-refractivity contribution in [1.82, 2.24) is 9.88 Å². The maximum absolute atomic E-state index is 13.6. The molecule has 2 heterocycles. The molecule has 0 saturated carbocycles. The van der Waals surface area contributed by atoms with Crippen molar-refractivity contribution in [2.45, 2.75) is 6.42 Å². The Kier molecular flexibility index (Phi) is 7.37. The van der Waals surface area contributed by atoms with E-state index in [2.05, 4.69) is 15.8 Å². The number of para-hydroxylation sites is 3. The number of aromatic amines is 1. The Bertz CT molecular complexity index is 1490. The van der Waals surface area contributed by atoms with E-state index in [4.69, 9.17) is 9.73 Å². The molecule has 1 saturated heterocycles. The third-order valence-electron chi connectivity index (χ3n) is 5.93. The molecule has 37 heavy (non-hydrogen) atoms. The summed E-state index contributed by atoms with van der Waals surface area (Å²) in [6.07, 6.45) is 4.46. The van der Waals surface area contributed by atoms with Crippen LogP contribution in [0.1, 0.15) is 11.1 Å². The van der Waals surface area contributed by atoms with Crippen molar-refractivity contribution in [3.05, 3.63) is 101 Å². The Morgan fingerprint density at radius 1 is 1.03 bits per heavy atom. The second-order valence-corrected chi connectivity index (χ2v) is 9.32. The molecule has 0 aliphatic carbocycles. The summed E-state index contributed by atoms with van der Waals surface area (Å²) in [7, 11) is 1.31. The van der Waals surface area contributed by atoms with Crippen molar-refractivity contribution in [2.24, 2.45) is 4.99 Å². The van der Waals surface area contributed by atoms with E-state index >= 15 is 0 Å². The third-order valence-corrected chi connectivity index (χ3v) is 6.93. The summed E-state index contributed by atoms with van der Waals surface area (Å²) >= 11 is 1.33. The van der Waals surface area contributed by atoms with Crippen LogP contribution in [0.2, 0.25) is 0 Å². The summed E-state index contributed by atoms with van der Waals surface area (Å²) in [5, 5.41) is 1.77. The molecule has 0 atom stereocenters. The minimum Gasteiger partial charge on any atom is -0.481 e. The lowest BCUT2D eigenvalue weighted by atomic mass is 10.1. The van der Waals surface area contributed by atoms with Crippen LogP contribution in [0, 0.1) is 0 Å². The normalized spacial score (nSPS) is 15.6. The molecule has 0 unspecified atom stereocenters. The number of benzene rings is 3. The number of nitrogens with zero attached hydrogens (tertiary/aromatic N) is 2. The number of carbonyl (C=O) groups excluding carboxylic acids is 2. The largest absolute Gasteiger partial charge is 0.481 e. The number of methoxy groups -OCH3 is 1. The van der Waals surface area contributed by atoms with Crippen LogP contribution in [-0.2, 0) is 20.7 Å². The highest BCUT2D eigenvalue weighted by Gasteiger charge is 2.33. The zero-order valence-corrected chi connectivity index (χ0v) is 21.0. The molecule has 1 N–H and O–H groups in total. The summed E-state index contributed by atoms with van der Waals surface area (Å²) in [6.45, 7) is 0.270. The number of H-pyrrole nitrogens is 1. The number of aromatic nitrogens is 1. The van der Waals surface area contributed by atoms with Crippen LogP contribution in [-0.4, -0.2) is 47.2 Å². The van der Waals surface area contributed by atoms with E-state index in [9.17, 15) is 9.59 Å². The molecule has 1 aliphatic rings. The number of fused-ring (bicyclic) bond motifs is 1. The minimum absolute atomic E-state index is 0.123. The molecule has 7 nitrogen and oxygen atoms in total. The average molecular weight is 512 g/mol. The highest BCUT2D eigenvalue weighted by molar-refractivity contribution is 8.18. The van der Waals surface area contributed by atoms with Gasteiger partial charge in [0, 0.05) is 29.2 Å². The maximum atomic E-state index is 13.6. The molecule has 8 heteroatoms. The number of hydrogen-bond acceptors (Lipinski definition) is 6. The quantitative estimate of drug-likeness (QED) is 0.247. The number of hydrogen-bond donors (Lipinski definition) is 1. The average Bonchev–Trinajstić information content (AvgIpc) is 3.47.